The van der Waals surface area contributed by atoms with Crippen LogP contribution in [0.4, 0.5) is 10.1 Å². The summed E-state index contributed by atoms with van der Waals surface area (Å²) in [5.41, 5.74) is 1.22. The van der Waals surface area contributed by atoms with E-state index in [2.05, 4.69) is 5.32 Å². The molecular formula is C27H36FN3O5S. The molecule has 0 aliphatic heterocycles. The van der Waals surface area contributed by atoms with Crippen molar-refractivity contribution in [3.8, 4) is 5.75 Å². The molecule has 0 aromatic heterocycles. The molecule has 3 rings (SSSR count). The van der Waals surface area contributed by atoms with Crippen molar-refractivity contribution in [2.75, 3.05) is 24.2 Å². The summed E-state index contributed by atoms with van der Waals surface area (Å²) in [5.74, 6) is -1.22. The number of aryl methyl sites for hydroxylation is 1. The summed E-state index contributed by atoms with van der Waals surface area (Å²) < 4.78 is 46.5. The van der Waals surface area contributed by atoms with Gasteiger partial charge in [-0.3, -0.25) is 13.9 Å². The number of methoxy groups -OCH3 is 1. The number of nitrogens with one attached hydrogen (secondary N) is 1. The van der Waals surface area contributed by atoms with E-state index in [4.69, 9.17) is 4.74 Å². The highest BCUT2D eigenvalue weighted by atomic mass is 32.2. The third-order valence-electron chi connectivity index (χ3n) is 6.70. The Morgan fingerprint density at radius 2 is 1.81 bits per heavy atom. The minimum Gasteiger partial charge on any atom is -0.495 e. The lowest BCUT2D eigenvalue weighted by atomic mass is 9.95. The van der Waals surface area contributed by atoms with E-state index in [0.717, 1.165) is 48.2 Å². The fourth-order valence-corrected chi connectivity index (χ4v) is 5.40. The monoisotopic (exact) mass is 533 g/mol. The summed E-state index contributed by atoms with van der Waals surface area (Å²) in [5, 5.41) is 3.02. The van der Waals surface area contributed by atoms with Gasteiger partial charge >= 0.3 is 0 Å². The summed E-state index contributed by atoms with van der Waals surface area (Å²) in [6, 6.07) is 10.1. The highest BCUT2D eigenvalue weighted by Gasteiger charge is 2.32. The molecule has 0 radical (unpaired) electrons. The Bertz CT molecular complexity index is 1210. The van der Waals surface area contributed by atoms with Crippen molar-refractivity contribution < 1.29 is 27.1 Å². The van der Waals surface area contributed by atoms with E-state index in [0.29, 0.717) is 0 Å². The Morgan fingerprint density at radius 1 is 1.14 bits per heavy atom. The van der Waals surface area contributed by atoms with Gasteiger partial charge in [0.05, 0.1) is 19.1 Å². The Kier molecular flexibility index (Phi) is 9.53. The average molecular weight is 534 g/mol. The molecular weight excluding hydrogens is 497 g/mol. The molecule has 1 atom stereocenters. The van der Waals surface area contributed by atoms with Crippen LogP contribution in [0.5, 0.6) is 5.75 Å². The zero-order chi connectivity index (χ0) is 27.2. The van der Waals surface area contributed by atoms with Gasteiger partial charge in [0.25, 0.3) is 0 Å². The zero-order valence-corrected chi connectivity index (χ0v) is 22.7. The normalized spacial score (nSPS) is 15.1. The van der Waals surface area contributed by atoms with Gasteiger partial charge in [-0.05, 0) is 50.5 Å². The molecule has 37 heavy (non-hydrogen) atoms. The summed E-state index contributed by atoms with van der Waals surface area (Å²) in [6.07, 6.45) is 5.92. The molecule has 1 fully saturated rings. The minimum atomic E-state index is -3.91. The SMILES string of the molecule is COc1ccc(C)cc1N(CC(=O)N(Cc1ccccc1F)C(C)C(=O)NC1CCCCC1)S(C)(=O)=O. The summed E-state index contributed by atoms with van der Waals surface area (Å²) >= 11 is 0. The highest BCUT2D eigenvalue weighted by molar-refractivity contribution is 7.92. The molecule has 10 heteroatoms. The molecule has 0 heterocycles. The summed E-state index contributed by atoms with van der Waals surface area (Å²) in [6.45, 7) is 2.61. The van der Waals surface area contributed by atoms with Gasteiger partial charge in [0.1, 0.15) is 24.2 Å². The van der Waals surface area contributed by atoms with E-state index in [9.17, 15) is 22.4 Å². The van der Waals surface area contributed by atoms with E-state index in [1.807, 2.05) is 0 Å². The fourth-order valence-electron chi connectivity index (χ4n) is 4.55. The number of amides is 2. The number of nitrogens with zero attached hydrogens (tertiary/aromatic N) is 2. The van der Waals surface area contributed by atoms with E-state index in [1.165, 1.54) is 18.1 Å². The number of hydrogen-bond donors (Lipinski definition) is 1. The molecule has 1 unspecified atom stereocenters. The number of halogens is 1. The van der Waals surface area contributed by atoms with Crippen LogP contribution in [0.3, 0.4) is 0 Å². The maximum absolute atomic E-state index is 14.5. The molecule has 1 N–H and O–H groups in total. The number of hydrogen-bond acceptors (Lipinski definition) is 5. The van der Waals surface area contributed by atoms with Crippen molar-refractivity contribution in [1.82, 2.24) is 10.2 Å². The van der Waals surface area contributed by atoms with Crippen LogP contribution < -0.4 is 14.4 Å². The number of carbonyl (C=O) groups excluding carboxylic acids is 2. The number of anilines is 1. The molecule has 2 aromatic carbocycles. The largest absolute Gasteiger partial charge is 0.495 e. The molecule has 2 amide bonds. The lowest BCUT2D eigenvalue weighted by Gasteiger charge is -2.33. The molecule has 1 aliphatic rings. The van der Waals surface area contributed by atoms with Gasteiger partial charge < -0.3 is 15.0 Å². The third-order valence-corrected chi connectivity index (χ3v) is 7.83. The van der Waals surface area contributed by atoms with Crippen molar-refractivity contribution in [3.05, 3.63) is 59.4 Å². The van der Waals surface area contributed by atoms with Gasteiger partial charge in [0.2, 0.25) is 21.8 Å². The smallest absolute Gasteiger partial charge is 0.244 e. The second-order valence-electron chi connectivity index (χ2n) is 9.58. The van der Waals surface area contributed by atoms with Gasteiger partial charge in [0.15, 0.2) is 0 Å². The number of sulfonamides is 1. The second-order valence-corrected chi connectivity index (χ2v) is 11.5. The average Bonchev–Trinajstić information content (AvgIpc) is 2.86. The molecule has 1 aliphatic carbocycles. The van der Waals surface area contributed by atoms with Crippen molar-refractivity contribution in [3.63, 3.8) is 0 Å². The Balaban J connectivity index is 1.93. The van der Waals surface area contributed by atoms with Gasteiger partial charge in [-0.2, -0.15) is 0 Å². The second kappa shape index (κ2) is 12.4. The Labute approximate surface area is 218 Å². The number of ether oxygens (including phenoxy) is 1. The van der Waals surface area contributed by atoms with Crippen LogP contribution in [-0.2, 0) is 26.2 Å². The van der Waals surface area contributed by atoms with Crippen molar-refractivity contribution in [2.24, 2.45) is 0 Å². The van der Waals surface area contributed by atoms with E-state index in [1.54, 1.807) is 50.2 Å². The van der Waals surface area contributed by atoms with Crippen LogP contribution in [0.25, 0.3) is 0 Å². The highest BCUT2D eigenvalue weighted by Crippen LogP contribution is 2.31. The van der Waals surface area contributed by atoms with Gasteiger partial charge in [-0.25, -0.2) is 12.8 Å². The maximum Gasteiger partial charge on any atom is 0.244 e. The zero-order valence-electron chi connectivity index (χ0n) is 21.9. The van der Waals surface area contributed by atoms with Gasteiger partial charge in [-0.15, -0.1) is 0 Å². The first-order valence-corrected chi connectivity index (χ1v) is 14.3. The fraction of sp³-hybridized carbons (Fsp3) is 0.481. The van der Waals surface area contributed by atoms with E-state index < -0.39 is 34.3 Å². The number of benzene rings is 2. The third kappa shape index (κ3) is 7.44. The molecule has 1 saturated carbocycles. The van der Waals surface area contributed by atoms with Crippen LogP contribution >= 0.6 is 0 Å². The minimum absolute atomic E-state index is 0.0261. The lowest BCUT2D eigenvalue weighted by molar-refractivity contribution is -0.139. The maximum atomic E-state index is 14.5. The van der Waals surface area contributed by atoms with Crippen molar-refractivity contribution in [1.29, 1.82) is 0 Å². The van der Waals surface area contributed by atoms with Crippen molar-refractivity contribution >= 4 is 27.5 Å². The summed E-state index contributed by atoms with van der Waals surface area (Å²) in [7, 11) is -2.50. The topological polar surface area (TPSA) is 96.0 Å². The molecule has 202 valence electrons. The summed E-state index contributed by atoms with van der Waals surface area (Å²) in [4.78, 5) is 28.1. The molecule has 8 nitrogen and oxygen atoms in total. The quantitative estimate of drug-likeness (QED) is 0.502. The van der Waals surface area contributed by atoms with Crippen LogP contribution in [0.15, 0.2) is 42.5 Å². The first kappa shape index (κ1) is 28.4. The standard InChI is InChI=1S/C27H36FN3O5S/c1-19-14-15-25(36-3)24(16-19)31(37(4,34)35)18-26(32)30(17-21-10-8-9-13-23(21)28)20(2)27(33)29-22-11-6-5-7-12-22/h8-10,13-16,20,22H,5-7,11-12,17-18H2,1-4H3,(H,29,33). The first-order valence-electron chi connectivity index (χ1n) is 12.5. The number of carbonyl (C=O) groups is 2. The molecule has 0 saturated heterocycles. The predicted octanol–water partition coefficient (Wildman–Crippen LogP) is 3.77. The molecule has 0 bridgehead atoms. The Hall–Kier alpha value is -3.14. The molecule has 2 aromatic rings. The Morgan fingerprint density at radius 3 is 2.43 bits per heavy atom. The number of rotatable bonds is 10. The van der Waals surface area contributed by atoms with Crippen LogP contribution in [0.2, 0.25) is 0 Å². The first-order chi connectivity index (χ1) is 17.5. The van der Waals surface area contributed by atoms with Crippen LogP contribution in [0.1, 0.15) is 50.2 Å². The van der Waals surface area contributed by atoms with E-state index >= 15 is 0 Å². The van der Waals surface area contributed by atoms with Crippen molar-refractivity contribution in [2.45, 2.75) is 64.6 Å². The van der Waals surface area contributed by atoms with Crippen LogP contribution in [0, 0.1) is 12.7 Å². The predicted molar refractivity (Wildman–Crippen MR) is 141 cm³/mol. The molecule has 0 spiro atoms. The van der Waals surface area contributed by atoms with E-state index in [-0.39, 0.29) is 35.5 Å². The van der Waals surface area contributed by atoms with Gasteiger partial charge in [0, 0.05) is 18.2 Å². The lowest BCUT2D eigenvalue weighted by Crippen LogP contribution is -2.53. The van der Waals surface area contributed by atoms with Crippen LogP contribution in [-0.4, -0.2) is 57.1 Å². The van der Waals surface area contributed by atoms with Gasteiger partial charge in [-0.1, -0.05) is 43.5 Å².